The molecule has 3 N–H and O–H groups in total. The highest BCUT2D eigenvalue weighted by atomic mass is 16.6. The predicted octanol–water partition coefficient (Wildman–Crippen LogP) is 0.804. The Morgan fingerprint density at radius 2 is 2.35 bits per heavy atom. The molecule has 0 radical (unpaired) electrons. The van der Waals surface area contributed by atoms with Crippen LogP contribution in [0.5, 0.6) is 0 Å². The number of hydrogen-bond acceptors (Lipinski definition) is 7. The minimum absolute atomic E-state index is 0.0733. The van der Waals surface area contributed by atoms with E-state index < -0.39 is 4.92 Å². The van der Waals surface area contributed by atoms with Gasteiger partial charge in [0.25, 0.3) is 0 Å². The molecule has 0 aliphatic carbocycles. The lowest BCUT2D eigenvalue weighted by molar-refractivity contribution is -0.383. The zero-order chi connectivity index (χ0) is 12.8. The minimum atomic E-state index is -0.608. The molecule has 17 heavy (non-hydrogen) atoms. The lowest BCUT2D eigenvalue weighted by atomic mass is 10.3. The Morgan fingerprint density at radius 1 is 1.65 bits per heavy atom. The van der Waals surface area contributed by atoms with Crippen LogP contribution in [0.4, 0.5) is 17.3 Å². The van der Waals surface area contributed by atoms with E-state index in [1.165, 1.54) is 6.33 Å². The number of ether oxygens (including phenoxy) is 1. The number of rotatable bonds is 6. The molecule has 0 aliphatic rings. The summed E-state index contributed by atoms with van der Waals surface area (Å²) in [5, 5.41) is 13.6. The fourth-order valence-electron chi connectivity index (χ4n) is 1.29. The Bertz CT molecular complexity index is 398. The molecule has 1 unspecified atom stereocenters. The van der Waals surface area contributed by atoms with Crippen molar-refractivity contribution in [2.45, 2.75) is 20.0 Å². The summed E-state index contributed by atoms with van der Waals surface area (Å²) in [7, 11) is 0. The van der Waals surface area contributed by atoms with Gasteiger partial charge < -0.3 is 15.8 Å². The number of nitrogens with zero attached hydrogens (tertiary/aromatic N) is 3. The molecule has 0 amide bonds. The van der Waals surface area contributed by atoms with Crippen molar-refractivity contribution < 1.29 is 9.66 Å². The summed E-state index contributed by atoms with van der Waals surface area (Å²) in [6.45, 7) is 4.72. The van der Waals surface area contributed by atoms with Crippen LogP contribution in [0.3, 0.4) is 0 Å². The highest BCUT2D eigenvalue weighted by Crippen LogP contribution is 2.25. The van der Waals surface area contributed by atoms with Crippen LogP contribution in [0.15, 0.2) is 6.33 Å². The maximum Gasteiger partial charge on any atom is 0.352 e. The molecule has 8 nitrogen and oxygen atoms in total. The van der Waals surface area contributed by atoms with Crippen molar-refractivity contribution in [3.8, 4) is 0 Å². The summed E-state index contributed by atoms with van der Waals surface area (Å²) in [6.07, 6.45) is 1.10. The Balaban J connectivity index is 2.77. The maximum atomic E-state index is 10.8. The molecular formula is C9H15N5O3. The molecule has 0 saturated carbocycles. The largest absolute Gasteiger partial charge is 0.378 e. The molecule has 0 aliphatic heterocycles. The second-order valence-electron chi connectivity index (χ2n) is 3.36. The molecule has 1 aromatic heterocycles. The lowest BCUT2D eigenvalue weighted by Crippen LogP contribution is -2.21. The smallest absolute Gasteiger partial charge is 0.352 e. The van der Waals surface area contributed by atoms with Crippen LogP contribution < -0.4 is 11.1 Å². The highest BCUT2D eigenvalue weighted by molar-refractivity contribution is 5.67. The second-order valence-corrected chi connectivity index (χ2v) is 3.36. The molecule has 0 spiro atoms. The molecule has 1 heterocycles. The summed E-state index contributed by atoms with van der Waals surface area (Å²) in [5.41, 5.74) is 5.11. The topological polar surface area (TPSA) is 116 Å². The van der Waals surface area contributed by atoms with E-state index in [0.717, 1.165) is 0 Å². The third-order valence-electron chi connectivity index (χ3n) is 2.04. The zero-order valence-electron chi connectivity index (χ0n) is 9.71. The fraction of sp³-hybridized carbons (Fsp3) is 0.556. The molecule has 94 valence electrons. The molecule has 0 aromatic carbocycles. The summed E-state index contributed by atoms with van der Waals surface area (Å²) in [6, 6.07) is 0. The van der Waals surface area contributed by atoms with Gasteiger partial charge in [-0.15, -0.1) is 0 Å². The van der Waals surface area contributed by atoms with Crippen LogP contribution in [0.2, 0.25) is 0 Å². The number of nitro groups is 1. The van der Waals surface area contributed by atoms with Crippen molar-refractivity contribution in [2.75, 3.05) is 24.2 Å². The lowest BCUT2D eigenvalue weighted by Gasteiger charge is -2.12. The first-order valence-corrected chi connectivity index (χ1v) is 5.16. The Labute approximate surface area is 98.4 Å². The Kier molecular flexibility index (Phi) is 4.58. The predicted molar refractivity (Wildman–Crippen MR) is 62.7 cm³/mol. The third-order valence-corrected chi connectivity index (χ3v) is 2.04. The van der Waals surface area contributed by atoms with Crippen molar-refractivity contribution >= 4 is 17.3 Å². The molecule has 1 aromatic rings. The quantitative estimate of drug-likeness (QED) is 0.559. The SMILES string of the molecule is CCOC(C)CNc1ncnc(N)c1[N+](=O)[O-]. The van der Waals surface area contributed by atoms with Crippen LogP contribution in [0, 0.1) is 10.1 Å². The number of nitrogens with one attached hydrogen (secondary N) is 1. The van der Waals surface area contributed by atoms with E-state index >= 15 is 0 Å². The first kappa shape index (κ1) is 13.1. The molecule has 1 atom stereocenters. The first-order chi connectivity index (χ1) is 8.06. The Morgan fingerprint density at radius 3 is 2.94 bits per heavy atom. The van der Waals surface area contributed by atoms with Crippen LogP contribution in [0.25, 0.3) is 0 Å². The van der Waals surface area contributed by atoms with Crippen LogP contribution in [-0.2, 0) is 4.74 Å². The van der Waals surface area contributed by atoms with Gasteiger partial charge in [-0.2, -0.15) is 0 Å². The maximum absolute atomic E-state index is 10.8. The van der Waals surface area contributed by atoms with Gasteiger partial charge in [0, 0.05) is 13.2 Å². The molecule has 8 heteroatoms. The van der Waals surface area contributed by atoms with E-state index in [1.807, 2.05) is 13.8 Å². The van der Waals surface area contributed by atoms with Crippen molar-refractivity contribution in [3.05, 3.63) is 16.4 Å². The number of anilines is 2. The van der Waals surface area contributed by atoms with E-state index in [0.29, 0.717) is 13.2 Å². The summed E-state index contributed by atoms with van der Waals surface area (Å²) in [4.78, 5) is 17.6. The van der Waals surface area contributed by atoms with E-state index in [2.05, 4.69) is 15.3 Å². The second kappa shape index (κ2) is 5.94. The zero-order valence-corrected chi connectivity index (χ0v) is 9.71. The van der Waals surface area contributed by atoms with Gasteiger partial charge in [0.05, 0.1) is 11.0 Å². The number of hydrogen-bond donors (Lipinski definition) is 2. The number of aromatic nitrogens is 2. The first-order valence-electron chi connectivity index (χ1n) is 5.16. The average molecular weight is 241 g/mol. The minimum Gasteiger partial charge on any atom is -0.378 e. The van der Waals surface area contributed by atoms with Gasteiger partial charge in [-0.05, 0) is 13.8 Å². The van der Waals surface area contributed by atoms with Crippen LogP contribution in [-0.4, -0.2) is 34.1 Å². The molecule has 1 rings (SSSR count). The van der Waals surface area contributed by atoms with Crippen molar-refractivity contribution in [1.29, 1.82) is 0 Å². The van der Waals surface area contributed by atoms with E-state index in [1.54, 1.807) is 0 Å². The van der Waals surface area contributed by atoms with Gasteiger partial charge in [0.15, 0.2) is 0 Å². The molecule has 0 fully saturated rings. The standard InChI is InChI=1S/C9H15N5O3/c1-3-17-6(2)4-11-9-7(14(15)16)8(10)12-5-13-9/h5-6H,3-4H2,1-2H3,(H3,10,11,12,13). The van der Waals surface area contributed by atoms with E-state index in [4.69, 9.17) is 10.5 Å². The van der Waals surface area contributed by atoms with Crippen molar-refractivity contribution in [3.63, 3.8) is 0 Å². The van der Waals surface area contributed by atoms with Gasteiger partial charge in [0.1, 0.15) is 6.33 Å². The molecule has 0 saturated heterocycles. The van der Waals surface area contributed by atoms with Crippen LogP contribution in [0.1, 0.15) is 13.8 Å². The monoisotopic (exact) mass is 241 g/mol. The van der Waals surface area contributed by atoms with E-state index in [-0.39, 0.29) is 23.4 Å². The molecule has 0 bridgehead atoms. The summed E-state index contributed by atoms with van der Waals surface area (Å²) in [5.74, 6) is -0.0504. The third kappa shape index (κ3) is 3.52. The number of nitrogens with two attached hydrogens (primary N) is 1. The van der Waals surface area contributed by atoms with Gasteiger partial charge >= 0.3 is 5.69 Å². The average Bonchev–Trinajstić information content (AvgIpc) is 2.26. The Hall–Kier alpha value is -1.96. The normalized spacial score (nSPS) is 12.1. The fourth-order valence-corrected chi connectivity index (χ4v) is 1.29. The van der Waals surface area contributed by atoms with Crippen LogP contribution >= 0.6 is 0 Å². The molecular weight excluding hydrogens is 226 g/mol. The van der Waals surface area contributed by atoms with E-state index in [9.17, 15) is 10.1 Å². The summed E-state index contributed by atoms with van der Waals surface area (Å²) < 4.78 is 5.29. The number of nitrogen functional groups attached to an aromatic ring is 1. The van der Waals surface area contributed by atoms with Gasteiger partial charge in [-0.3, -0.25) is 10.1 Å². The van der Waals surface area contributed by atoms with Gasteiger partial charge in [-0.25, -0.2) is 9.97 Å². The van der Waals surface area contributed by atoms with Crippen molar-refractivity contribution in [2.24, 2.45) is 0 Å². The van der Waals surface area contributed by atoms with Gasteiger partial charge in [0.2, 0.25) is 11.6 Å². The van der Waals surface area contributed by atoms with Gasteiger partial charge in [-0.1, -0.05) is 0 Å². The summed E-state index contributed by atoms with van der Waals surface area (Å²) >= 11 is 0. The highest BCUT2D eigenvalue weighted by Gasteiger charge is 2.20. The van der Waals surface area contributed by atoms with Crippen molar-refractivity contribution in [1.82, 2.24) is 9.97 Å².